The number of carbonyl (C=O) groups is 1. The van der Waals surface area contributed by atoms with E-state index in [4.69, 9.17) is 5.73 Å². The van der Waals surface area contributed by atoms with E-state index in [2.05, 4.69) is 55.5 Å². The van der Waals surface area contributed by atoms with Crippen LogP contribution in [-0.4, -0.2) is 12.6 Å². The molecular formula is C19H25NO2. The molecule has 2 rings (SSSR count). The molecule has 2 N–H and O–H groups in total. The fraction of sp³-hybridized carbons (Fsp3) is 0.316. The quantitative estimate of drug-likeness (QED) is 0.687. The number of carbonyl (C=O) groups excluding carboxylic acids is 1. The molecule has 0 aromatic heterocycles. The van der Waals surface area contributed by atoms with E-state index in [0.29, 0.717) is 18.7 Å². The van der Waals surface area contributed by atoms with Gasteiger partial charge in [0, 0.05) is 12.1 Å². The Morgan fingerprint density at radius 1 is 1.27 bits per heavy atom. The summed E-state index contributed by atoms with van der Waals surface area (Å²) in [5, 5.41) is 2.58. The normalized spacial score (nSPS) is 9.86. The maximum Gasteiger partial charge on any atom is 0.333 e. The molecule has 0 atom stereocenters. The van der Waals surface area contributed by atoms with Crippen molar-refractivity contribution >= 4 is 16.7 Å². The second-order valence-electron chi connectivity index (χ2n) is 5.22. The van der Waals surface area contributed by atoms with Crippen LogP contribution in [0.2, 0.25) is 0 Å². The van der Waals surface area contributed by atoms with Gasteiger partial charge in [-0.05, 0) is 55.2 Å². The minimum atomic E-state index is -0.312. The van der Waals surface area contributed by atoms with Crippen molar-refractivity contribution in [2.45, 2.75) is 34.2 Å². The summed E-state index contributed by atoms with van der Waals surface area (Å²) in [5.74, 6) is -0.312. The molecule has 2 aromatic carbocycles. The number of nitrogens with two attached hydrogens (primary N) is 1. The highest BCUT2D eigenvalue weighted by Crippen LogP contribution is 2.24. The molecule has 22 heavy (non-hydrogen) atoms. The molecule has 0 unspecified atom stereocenters. The molecule has 2 aromatic rings. The zero-order valence-electron chi connectivity index (χ0n) is 13.9. The summed E-state index contributed by atoms with van der Waals surface area (Å²) in [6.45, 7) is 12.1. The topological polar surface area (TPSA) is 52.3 Å². The maximum atomic E-state index is 10.4. The van der Waals surface area contributed by atoms with Crippen molar-refractivity contribution in [3.05, 3.63) is 59.2 Å². The van der Waals surface area contributed by atoms with Crippen molar-refractivity contribution in [1.82, 2.24) is 0 Å². The summed E-state index contributed by atoms with van der Waals surface area (Å²) >= 11 is 0. The second kappa shape index (κ2) is 8.35. The molecule has 0 saturated carbocycles. The molecule has 0 saturated heterocycles. The van der Waals surface area contributed by atoms with Crippen molar-refractivity contribution in [3.63, 3.8) is 0 Å². The van der Waals surface area contributed by atoms with Gasteiger partial charge in [0.15, 0.2) is 0 Å². The lowest BCUT2D eigenvalue weighted by Gasteiger charge is -2.11. The van der Waals surface area contributed by atoms with E-state index in [1.165, 1.54) is 27.5 Å². The van der Waals surface area contributed by atoms with E-state index in [1.807, 2.05) is 0 Å². The van der Waals surface area contributed by atoms with Gasteiger partial charge < -0.3 is 10.5 Å². The number of fused-ring (bicyclic) bond motifs is 1. The number of rotatable bonds is 3. The van der Waals surface area contributed by atoms with Crippen molar-refractivity contribution in [1.29, 1.82) is 0 Å². The first-order valence-corrected chi connectivity index (χ1v) is 7.42. The average molecular weight is 299 g/mol. The van der Waals surface area contributed by atoms with Gasteiger partial charge in [0.25, 0.3) is 0 Å². The predicted octanol–water partition coefficient (Wildman–Crippen LogP) is 4.04. The van der Waals surface area contributed by atoms with Gasteiger partial charge in [0.05, 0.1) is 6.61 Å². The van der Waals surface area contributed by atoms with Gasteiger partial charge in [-0.3, -0.25) is 0 Å². The number of ether oxygens (including phenoxy) is 1. The first-order chi connectivity index (χ1) is 10.4. The summed E-state index contributed by atoms with van der Waals surface area (Å²) in [6.07, 6.45) is 0. The first kappa shape index (κ1) is 17.9. The Hall–Kier alpha value is -2.13. The molecule has 3 nitrogen and oxygen atoms in total. The van der Waals surface area contributed by atoms with Gasteiger partial charge >= 0.3 is 5.97 Å². The fourth-order valence-electron chi connectivity index (χ4n) is 2.20. The van der Waals surface area contributed by atoms with Gasteiger partial charge in [-0.1, -0.05) is 36.9 Å². The Bertz CT molecular complexity index is 674. The van der Waals surface area contributed by atoms with E-state index in [1.54, 1.807) is 13.8 Å². The third kappa shape index (κ3) is 4.43. The molecule has 0 spiro atoms. The number of esters is 1. The molecule has 0 amide bonds. The standard InChI is InChI=1S/C13H15N.C6H10O2/c1-9-7-11-5-3-4-6-12(11)13(8-14)10(9)2;1-4-8-6(7)5(2)3/h3-7H,8,14H2,1-2H3;2,4H2,1,3H3. The van der Waals surface area contributed by atoms with E-state index in [9.17, 15) is 4.79 Å². The molecule has 0 fully saturated rings. The Morgan fingerprint density at radius 3 is 2.41 bits per heavy atom. The van der Waals surface area contributed by atoms with Crippen LogP contribution in [0.4, 0.5) is 0 Å². The number of benzene rings is 2. The van der Waals surface area contributed by atoms with Gasteiger partial charge in [0.1, 0.15) is 0 Å². The van der Waals surface area contributed by atoms with Gasteiger partial charge in [-0.25, -0.2) is 4.79 Å². The van der Waals surface area contributed by atoms with Crippen molar-refractivity contribution in [2.24, 2.45) is 5.73 Å². The molecule has 0 aliphatic rings. The maximum absolute atomic E-state index is 10.4. The fourth-order valence-corrected chi connectivity index (χ4v) is 2.20. The average Bonchev–Trinajstić information content (AvgIpc) is 2.49. The van der Waals surface area contributed by atoms with E-state index in [-0.39, 0.29) is 5.97 Å². The van der Waals surface area contributed by atoms with Gasteiger partial charge in [-0.2, -0.15) is 0 Å². The molecule has 0 bridgehead atoms. The summed E-state index contributed by atoms with van der Waals surface area (Å²) in [4.78, 5) is 10.4. The van der Waals surface area contributed by atoms with E-state index >= 15 is 0 Å². The lowest BCUT2D eigenvalue weighted by molar-refractivity contribution is -0.138. The number of hydrogen-bond donors (Lipinski definition) is 1. The summed E-state index contributed by atoms with van der Waals surface area (Å²) in [5.41, 5.74) is 10.2. The van der Waals surface area contributed by atoms with Crippen LogP contribution in [0.5, 0.6) is 0 Å². The van der Waals surface area contributed by atoms with Crippen molar-refractivity contribution < 1.29 is 9.53 Å². The predicted molar refractivity (Wildman–Crippen MR) is 92.8 cm³/mol. The highest BCUT2D eigenvalue weighted by Gasteiger charge is 2.05. The highest BCUT2D eigenvalue weighted by molar-refractivity contribution is 5.87. The Morgan fingerprint density at radius 2 is 1.91 bits per heavy atom. The summed E-state index contributed by atoms with van der Waals surface area (Å²) in [6, 6.07) is 10.6. The van der Waals surface area contributed by atoms with Crippen LogP contribution >= 0.6 is 0 Å². The number of hydrogen-bond acceptors (Lipinski definition) is 3. The zero-order chi connectivity index (χ0) is 16.7. The summed E-state index contributed by atoms with van der Waals surface area (Å²) < 4.78 is 4.56. The SMILES string of the molecule is C=C(C)C(=O)OCC.Cc1cc2ccccc2c(CN)c1C. The van der Waals surface area contributed by atoms with Crippen LogP contribution in [0, 0.1) is 13.8 Å². The van der Waals surface area contributed by atoms with Crippen LogP contribution in [-0.2, 0) is 16.1 Å². The Kier molecular flexibility index (Phi) is 6.80. The molecular weight excluding hydrogens is 274 g/mol. The minimum Gasteiger partial charge on any atom is -0.463 e. The monoisotopic (exact) mass is 299 g/mol. The highest BCUT2D eigenvalue weighted by atomic mass is 16.5. The van der Waals surface area contributed by atoms with Crippen molar-refractivity contribution in [2.75, 3.05) is 6.61 Å². The summed E-state index contributed by atoms with van der Waals surface area (Å²) in [7, 11) is 0. The smallest absolute Gasteiger partial charge is 0.333 e. The van der Waals surface area contributed by atoms with Gasteiger partial charge in [-0.15, -0.1) is 0 Å². The van der Waals surface area contributed by atoms with Crippen LogP contribution in [0.3, 0.4) is 0 Å². The Labute approximate surface area is 132 Å². The zero-order valence-corrected chi connectivity index (χ0v) is 13.9. The van der Waals surface area contributed by atoms with E-state index in [0.717, 1.165) is 0 Å². The molecule has 118 valence electrons. The minimum absolute atomic E-state index is 0.312. The molecule has 0 radical (unpaired) electrons. The lowest BCUT2D eigenvalue weighted by Crippen LogP contribution is -2.03. The molecule has 0 aliphatic heterocycles. The largest absolute Gasteiger partial charge is 0.463 e. The van der Waals surface area contributed by atoms with E-state index < -0.39 is 0 Å². The van der Waals surface area contributed by atoms with Crippen LogP contribution in [0.25, 0.3) is 10.8 Å². The third-order valence-electron chi connectivity index (χ3n) is 3.53. The van der Waals surface area contributed by atoms with Crippen molar-refractivity contribution in [3.8, 4) is 0 Å². The lowest BCUT2D eigenvalue weighted by atomic mass is 9.96. The number of aryl methyl sites for hydroxylation is 1. The molecule has 0 heterocycles. The van der Waals surface area contributed by atoms with Gasteiger partial charge in [0.2, 0.25) is 0 Å². The van der Waals surface area contributed by atoms with Crippen LogP contribution in [0.15, 0.2) is 42.5 Å². The molecule has 0 aliphatic carbocycles. The van der Waals surface area contributed by atoms with Crippen LogP contribution < -0.4 is 5.73 Å². The second-order valence-corrected chi connectivity index (χ2v) is 5.22. The first-order valence-electron chi connectivity index (χ1n) is 7.42. The Balaban J connectivity index is 0.000000261. The molecule has 3 heteroatoms. The van der Waals surface area contributed by atoms with Crippen LogP contribution in [0.1, 0.15) is 30.5 Å². The third-order valence-corrected chi connectivity index (χ3v) is 3.53.